The van der Waals surface area contributed by atoms with E-state index in [1.54, 1.807) is 6.07 Å². The Hall–Kier alpha value is -2.40. The van der Waals surface area contributed by atoms with Gasteiger partial charge in [-0.25, -0.2) is 4.39 Å². The molecule has 2 aliphatic heterocycles. The van der Waals surface area contributed by atoms with Crippen molar-refractivity contribution >= 4 is 11.6 Å². The maximum absolute atomic E-state index is 13.9. The Labute approximate surface area is 191 Å². The molecular weight excluding hydrogens is 401 g/mol. The monoisotopic (exact) mass is 437 g/mol. The van der Waals surface area contributed by atoms with Crippen LogP contribution in [0.15, 0.2) is 48.5 Å². The summed E-state index contributed by atoms with van der Waals surface area (Å²) in [4.78, 5) is 17.6. The number of carbonyl (C=O) groups is 1. The second-order valence-electron chi connectivity index (χ2n) is 9.63. The molecule has 0 aromatic heterocycles. The zero-order valence-corrected chi connectivity index (χ0v) is 19.4. The van der Waals surface area contributed by atoms with Crippen molar-refractivity contribution in [1.82, 2.24) is 10.2 Å². The molecule has 0 radical (unpaired) electrons. The van der Waals surface area contributed by atoms with E-state index < -0.39 is 0 Å². The molecule has 0 unspecified atom stereocenters. The first-order valence-electron chi connectivity index (χ1n) is 12.1. The highest BCUT2D eigenvalue weighted by molar-refractivity contribution is 5.79. The molecule has 32 heavy (non-hydrogen) atoms. The van der Waals surface area contributed by atoms with Gasteiger partial charge in [0.2, 0.25) is 5.91 Å². The number of amides is 1. The maximum Gasteiger partial charge on any atom is 0.223 e. The van der Waals surface area contributed by atoms with E-state index in [0.29, 0.717) is 6.54 Å². The molecule has 1 amide bonds. The highest BCUT2D eigenvalue weighted by Crippen LogP contribution is 2.25. The summed E-state index contributed by atoms with van der Waals surface area (Å²) in [5.41, 5.74) is 3.15. The standard InChI is InChI=1S/C27H36FN3O/c1-20-11-17-31(18-12-20)25-9-7-22(8-10-25)21(2)29-27(32)23-13-15-30(16-14-23)19-24-5-3-4-6-26(24)28/h3-10,20-21,23H,11-19H2,1-2H3,(H,29,32)/t21-/m1/s1. The molecule has 2 aromatic rings. The average Bonchev–Trinajstić information content (AvgIpc) is 2.81. The van der Waals surface area contributed by atoms with E-state index in [9.17, 15) is 9.18 Å². The van der Waals surface area contributed by atoms with Crippen LogP contribution in [0.5, 0.6) is 0 Å². The normalized spacial score (nSPS) is 19.7. The summed E-state index contributed by atoms with van der Waals surface area (Å²) in [6.07, 6.45) is 4.15. The molecule has 4 nitrogen and oxygen atoms in total. The lowest BCUT2D eigenvalue weighted by Crippen LogP contribution is -2.41. The molecule has 0 aliphatic carbocycles. The number of halogens is 1. The van der Waals surface area contributed by atoms with Crippen molar-refractivity contribution in [3.8, 4) is 0 Å². The van der Waals surface area contributed by atoms with Crippen molar-refractivity contribution in [2.24, 2.45) is 11.8 Å². The van der Waals surface area contributed by atoms with Gasteiger partial charge in [0.1, 0.15) is 5.82 Å². The van der Waals surface area contributed by atoms with Crippen LogP contribution in [0.3, 0.4) is 0 Å². The van der Waals surface area contributed by atoms with Crippen LogP contribution in [0.4, 0.5) is 10.1 Å². The van der Waals surface area contributed by atoms with Crippen molar-refractivity contribution in [2.45, 2.75) is 52.1 Å². The Bertz CT molecular complexity index is 884. The van der Waals surface area contributed by atoms with Crippen LogP contribution < -0.4 is 10.2 Å². The van der Waals surface area contributed by atoms with Crippen molar-refractivity contribution in [3.05, 3.63) is 65.5 Å². The summed E-state index contributed by atoms with van der Waals surface area (Å²) in [5, 5.41) is 3.21. The second-order valence-corrected chi connectivity index (χ2v) is 9.63. The molecule has 2 saturated heterocycles. The number of piperidine rings is 2. The third kappa shape index (κ3) is 5.69. The van der Waals surface area contributed by atoms with E-state index in [2.05, 4.69) is 53.2 Å². The van der Waals surface area contributed by atoms with Gasteiger partial charge in [0.25, 0.3) is 0 Å². The number of hydrogen-bond donors (Lipinski definition) is 1. The largest absolute Gasteiger partial charge is 0.372 e. The predicted octanol–water partition coefficient (Wildman–Crippen LogP) is 5.15. The fourth-order valence-electron chi connectivity index (χ4n) is 4.88. The SMILES string of the molecule is CC1CCN(c2ccc([C@@H](C)NC(=O)C3CCN(Cc4ccccc4F)CC3)cc2)CC1. The Morgan fingerprint density at radius 1 is 1.00 bits per heavy atom. The zero-order valence-electron chi connectivity index (χ0n) is 19.4. The Morgan fingerprint density at radius 2 is 1.66 bits per heavy atom. The van der Waals surface area contributed by atoms with E-state index in [4.69, 9.17) is 0 Å². The zero-order chi connectivity index (χ0) is 22.5. The number of hydrogen-bond acceptors (Lipinski definition) is 3. The lowest BCUT2D eigenvalue weighted by atomic mass is 9.94. The summed E-state index contributed by atoms with van der Waals surface area (Å²) in [6.45, 7) is 8.90. The van der Waals surface area contributed by atoms with Crippen LogP contribution >= 0.6 is 0 Å². The maximum atomic E-state index is 13.9. The summed E-state index contributed by atoms with van der Waals surface area (Å²) < 4.78 is 13.9. The van der Waals surface area contributed by atoms with Crippen LogP contribution in [0.1, 0.15) is 56.7 Å². The minimum Gasteiger partial charge on any atom is -0.372 e. The summed E-state index contributed by atoms with van der Waals surface area (Å²) in [6, 6.07) is 15.6. The molecule has 2 aromatic carbocycles. The minimum absolute atomic E-state index is 0.00521. The molecule has 2 fully saturated rings. The van der Waals surface area contributed by atoms with Gasteiger partial charge in [-0.05, 0) is 75.4 Å². The number of nitrogens with one attached hydrogen (secondary N) is 1. The highest BCUT2D eigenvalue weighted by Gasteiger charge is 2.26. The van der Waals surface area contributed by atoms with E-state index in [0.717, 1.165) is 56.1 Å². The third-order valence-electron chi connectivity index (χ3n) is 7.21. The predicted molar refractivity (Wildman–Crippen MR) is 128 cm³/mol. The number of benzene rings is 2. The van der Waals surface area contributed by atoms with Crippen LogP contribution in [0, 0.1) is 17.7 Å². The lowest BCUT2D eigenvalue weighted by Gasteiger charge is -2.32. The van der Waals surface area contributed by atoms with E-state index in [-0.39, 0.29) is 23.7 Å². The highest BCUT2D eigenvalue weighted by atomic mass is 19.1. The van der Waals surface area contributed by atoms with Gasteiger partial charge in [-0.2, -0.15) is 0 Å². The number of carbonyl (C=O) groups excluding carboxylic acids is 1. The number of anilines is 1. The Balaban J connectivity index is 1.24. The molecule has 1 N–H and O–H groups in total. The molecule has 4 rings (SSSR count). The van der Waals surface area contributed by atoms with Gasteiger partial charge in [-0.3, -0.25) is 9.69 Å². The fraction of sp³-hybridized carbons (Fsp3) is 0.519. The van der Waals surface area contributed by atoms with Crippen molar-refractivity contribution in [1.29, 1.82) is 0 Å². The van der Waals surface area contributed by atoms with Gasteiger partial charge >= 0.3 is 0 Å². The molecule has 2 aliphatic rings. The van der Waals surface area contributed by atoms with E-state index in [1.165, 1.54) is 24.6 Å². The van der Waals surface area contributed by atoms with Gasteiger partial charge in [0.15, 0.2) is 0 Å². The van der Waals surface area contributed by atoms with Gasteiger partial charge in [0.05, 0.1) is 6.04 Å². The average molecular weight is 438 g/mol. The van der Waals surface area contributed by atoms with Crippen molar-refractivity contribution in [3.63, 3.8) is 0 Å². The smallest absolute Gasteiger partial charge is 0.223 e. The van der Waals surface area contributed by atoms with Crippen molar-refractivity contribution < 1.29 is 9.18 Å². The number of likely N-dealkylation sites (tertiary alicyclic amines) is 1. The summed E-state index contributed by atoms with van der Waals surface area (Å²) in [7, 11) is 0. The molecule has 1 atom stereocenters. The number of nitrogens with zero attached hydrogens (tertiary/aromatic N) is 2. The van der Waals surface area contributed by atoms with Gasteiger partial charge < -0.3 is 10.2 Å². The van der Waals surface area contributed by atoms with Gasteiger partial charge in [0, 0.05) is 36.8 Å². The van der Waals surface area contributed by atoms with Gasteiger partial charge in [-0.15, -0.1) is 0 Å². The minimum atomic E-state index is -0.151. The second kappa shape index (κ2) is 10.5. The molecule has 172 valence electrons. The van der Waals surface area contributed by atoms with Crippen LogP contribution in [0.25, 0.3) is 0 Å². The van der Waals surface area contributed by atoms with Crippen molar-refractivity contribution in [2.75, 3.05) is 31.1 Å². The van der Waals surface area contributed by atoms with Gasteiger partial charge in [-0.1, -0.05) is 37.3 Å². The molecule has 0 spiro atoms. The molecule has 2 heterocycles. The van der Waals surface area contributed by atoms with E-state index >= 15 is 0 Å². The quantitative estimate of drug-likeness (QED) is 0.679. The van der Waals surface area contributed by atoms with Crippen LogP contribution in [-0.4, -0.2) is 37.0 Å². The van der Waals surface area contributed by atoms with Crippen LogP contribution in [0.2, 0.25) is 0 Å². The first kappa shape index (κ1) is 22.8. The first-order chi connectivity index (χ1) is 15.5. The third-order valence-corrected chi connectivity index (χ3v) is 7.21. The Morgan fingerprint density at radius 3 is 2.31 bits per heavy atom. The Kier molecular flexibility index (Phi) is 7.46. The first-order valence-corrected chi connectivity index (χ1v) is 12.1. The lowest BCUT2D eigenvalue weighted by molar-refractivity contribution is -0.127. The van der Waals surface area contributed by atoms with E-state index in [1.807, 2.05) is 12.1 Å². The topological polar surface area (TPSA) is 35.6 Å². The number of rotatable bonds is 6. The fourth-order valence-corrected chi connectivity index (χ4v) is 4.88. The molecular formula is C27H36FN3O. The molecule has 5 heteroatoms. The summed E-state index contributed by atoms with van der Waals surface area (Å²) in [5.74, 6) is 0.843. The molecule has 0 bridgehead atoms. The summed E-state index contributed by atoms with van der Waals surface area (Å²) >= 11 is 0. The molecule has 0 saturated carbocycles. The van der Waals surface area contributed by atoms with Crippen LogP contribution in [-0.2, 0) is 11.3 Å².